The maximum absolute atomic E-state index is 14.7. The molecule has 0 saturated carbocycles. The Bertz CT molecular complexity index is 2570. The Morgan fingerprint density at radius 1 is 0.879 bits per heavy atom. The molecule has 8 heterocycles. The highest BCUT2D eigenvalue weighted by Crippen LogP contribution is 2.44. The van der Waals surface area contributed by atoms with Crippen LogP contribution in [0.1, 0.15) is 119 Å². The minimum atomic E-state index is -2.66. The Kier molecular flexibility index (Phi) is 12.1. The molecule has 2 aromatic heterocycles. The number of nitrogens with zero attached hydrogens (tertiary/aromatic N) is 9. The first-order valence-corrected chi connectivity index (χ1v) is 23.8. The number of fused-ring (bicyclic) bond motifs is 3. The van der Waals surface area contributed by atoms with Gasteiger partial charge in [-0.05, 0) is 118 Å². The van der Waals surface area contributed by atoms with E-state index in [0.717, 1.165) is 123 Å². The number of carbonyl (C=O) groups excluding carboxylic acids is 5. The highest BCUT2D eigenvalue weighted by molar-refractivity contribution is 6.24. The third kappa shape index (κ3) is 8.33. The van der Waals surface area contributed by atoms with Crippen molar-refractivity contribution in [2.75, 3.05) is 57.3 Å². The molecule has 15 nitrogen and oxygen atoms in total. The number of aromatic nitrogens is 4. The summed E-state index contributed by atoms with van der Waals surface area (Å²) in [6, 6.07) is 8.16. The summed E-state index contributed by atoms with van der Waals surface area (Å²) in [6.07, 6.45) is 9.22. The van der Waals surface area contributed by atoms with E-state index in [1.165, 1.54) is 0 Å². The number of hydrogen-bond donors (Lipinski definition) is 1. The van der Waals surface area contributed by atoms with Crippen LogP contribution in [0.3, 0.4) is 0 Å². The van der Waals surface area contributed by atoms with Crippen LogP contribution in [0.5, 0.6) is 0 Å². The summed E-state index contributed by atoms with van der Waals surface area (Å²) in [7, 11) is 1.79. The van der Waals surface area contributed by atoms with Gasteiger partial charge in [-0.1, -0.05) is 12.1 Å². The maximum Gasteiger partial charge on any atom is 0.264 e. The Morgan fingerprint density at radius 3 is 2.38 bits per heavy atom. The minimum Gasteiger partial charge on any atom is -0.338 e. The molecule has 6 aliphatic rings. The van der Waals surface area contributed by atoms with Gasteiger partial charge in [0.05, 0.1) is 29.9 Å². The van der Waals surface area contributed by atoms with E-state index in [1.807, 2.05) is 17.0 Å². The lowest BCUT2D eigenvalue weighted by Crippen LogP contribution is -2.54. The first-order valence-electron chi connectivity index (χ1n) is 23.8. The first-order chi connectivity index (χ1) is 31.9. The van der Waals surface area contributed by atoms with Gasteiger partial charge in [0, 0.05) is 93.8 Å². The molecular formula is C49H58F2N10O5. The average Bonchev–Trinajstić information content (AvgIpc) is 4.00. The second-order valence-corrected chi connectivity index (χ2v) is 19.1. The molecule has 0 radical (unpaired) electrons. The Morgan fingerprint density at radius 2 is 1.65 bits per heavy atom. The van der Waals surface area contributed by atoms with Crippen molar-refractivity contribution in [1.29, 1.82) is 0 Å². The van der Waals surface area contributed by atoms with Crippen LogP contribution in [-0.2, 0) is 47.2 Å². The molecule has 3 saturated heterocycles. The van der Waals surface area contributed by atoms with Gasteiger partial charge in [0.25, 0.3) is 18.2 Å². The van der Waals surface area contributed by atoms with Crippen LogP contribution in [-0.4, -0.2) is 127 Å². The number of halogens is 2. The van der Waals surface area contributed by atoms with Crippen LogP contribution in [0.4, 0.5) is 20.3 Å². The number of carbonyl (C=O) groups is 5. The van der Waals surface area contributed by atoms with Crippen LogP contribution in [0, 0.1) is 5.92 Å². The van der Waals surface area contributed by atoms with Gasteiger partial charge in [-0.3, -0.25) is 43.6 Å². The van der Waals surface area contributed by atoms with Crippen LogP contribution < -0.4 is 10.2 Å². The van der Waals surface area contributed by atoms with Gasteiger partial charge < -0.3 is 19.6 Å². The van der Waals surface area contributed by atoms with Crippen molar-refractivity contribution in [3.63, 3.8) is 0 Å². The van der Waals surface area contributed by atoms with Gasteiger partial charge in [-0.2, -0.15) is 10.2 Å². The molecule has 0 spiro atoms. The topological polar surface area (TPSA) is 149 Å². The molecule has 10 rings (SSSR count). The first kappa shape index (κ1) is 44.0. The van der Waals surface area contributed by atoms with E-state index in [-0.39, 0.29) is 30.4 Å². The Labute approximate surface area is 383 Å². The highest BCUT2D eigenvalue weighted by Gasteiger charge is 2.45. The summed E-state index contributed by atoms with van der Waals surface area (Å²) in [6.45, 7) is 9.06. The third-order valence-corrected chi connectivity index (χ3v) is 15.1. The van der Waals surface area contributed by atoms with Crippen LogP contribution >= 0.6 is 0 Å². The zero-order valence-electron chi connectivity index (χ0n) is 37.8. The molecule has 0 aliphatic carbocycles. The van der Waals surface area contributed by atoms with Gasteiger partial charge in [-0.25, -0.2) is 8.78 Å². The van der Waals surface area contributed by atoms with E-state index < -0.39 is 36.1 Å². The quantitative estimate of drug-likeness (QED) is 0.189. The zero-order chi connectivity index (χ0) is 45.8. The number of amides is 5. The number of aryl methyl sites for hydroxylation is 2. The molecular weight excluding hydrogens is 847 g/mol. The second kappa shape index (κ2) is 18.1. The zero-order valence-corrected chi connectivity index (χ0v) is 37.8. The predicted molar refractivity (Wildman–Crippen MR) is 241 cm³/mol. The maximum atomic E-state index is 14.7. The predicted octanol–water partition coefficient (Wildman–Crippen LogP) is 5.59. The molecule has 6 aliphatic heterocycles. The van der Waals surface area contributed by atoms with E-state index in [9.17, 15) is 32.8 Å². The van der Waals surface area contributed by atoms with Crippen molar-refractivity contribution in [1.82, 2.24) is 44.5 Å². The largest absolute Gasteiger partial charge is 0.338 e. The normalized spacial score (nSPS) is 21.2. The molecule has 0 bridgehead atoms. The fourth-order valence-corrected chi connectivity index (χ4v) is 11.4. The van der Waals surface area contributed by atoms with E-state index >= 15 is 0 Å². The fraction of sp³-hybridized carbons (Fsp3) is 0.531. The summed E-state index contributed by atoms with van der Waals surface area (Å²) in [5.41, 5.74) is 6.66. The molecule has 4 aromatic rings. The minimum absolute atomic E-state index is 0.0164. The van der Waals surface area contributed by atoms with Crippen LogP contribution in [0.15, 0.2) is 42.7 Å². The molecule has 1 unspecified atom stereocenters. The fourth-order valence-electron chi connectivity index (χ4n) is 11.4. The summed E-state index contributed by atoms with van der Waals surface area (Å²) in [4.78, 5) is 73.9. The van der Waals surface area contributed by atoms with Gasteiger partial charge in [0.15, 0.2) is 5.82 Å². The Hall–Kier alpha value is -5.81. The third-order valence-electron chi connectivity index (χ3n) is 15.1. The molecule has 2 aromatic carbocycles. The molecule has 17 heteroatoms. The van der Waals surface area contributed by atoms with Gasteiger partial charge in [-0.15, -0.1) is 0 Å². The standard InChI is InChI=1S/C49H58F2N10O5/c1-30(62)58-24-16-40-39(29-58)46(59-17-4-6-33-25-37(34-27-52-55(2)28-34)38(45(50)51)26-42(33)59)54-61(40)35-14-22-57(23-15-35)20-12-31-10-18-56(19-11-31)21-13-32-5-3-7-36-44(32)49(66)60(48(36)65)41-8-9-43(63)53-47(41)64/h3,5,7,25-28,31,35,41,45H,4,6,8-24,29H2,1-2H3,(H,53,63,64). The van der Waals surface area contributed by atoms with Crippen molar-refractivity contribution >= 4 is 41.0 Å². The second-order valence-electron chi connectivity index (χ2n) is 19.1. The lowest BCUT2D eigenvalue weighted by Gasteiger charge is -2.36. The highest BCUT2D eigenvalue weighted by atomic mass is 19.3. The smallest absolute Gasteiger partial charge is 0.264 e. The summed E-state index contributed by atoms with van der Waals surface area (Å²) >= 11 is 0. The molecule has 1 atom stereocenters. The lowest BCUT2D eigenvalue weighted by molar-refractivity contribution is -0.136. The number of nitrogens with one attached hydrogen (secondary N) is 1. The van der Waals surface area contributed by atoms with E-state index in [4.69, 9.17) is 5.10 Å². The van der Waals surface area contributed by atoms with Crippen molar-refractivity contribution in [2.24, 2.45) is 13.0 Å². The molecule has 66 heavy (non-hydrogen) atoms. The number of rotatable bonds is 11. The molecule has 348 valence electrons. The van der Waals surface area contributed by atoms with Crippen molar-refractivity contribution in [3.05, 3.63) is 81.8 Å². The molecule has 5 amide bonds. The number of anilines is 2. The summed E-state index contributed by atoms with van der Waals surface area (Å²) < 4.78 is 33.3. The van der Waals surface area contributed by atoms with E-state index in [0.29, 0.717) is 60.6 Å². The van der Waals surface area contributed by atoms with Crippen LogP contribution in [0.2, 0.25) is 0 Å². The van der Waals surface area contributed by atoms with Gasteiger partial charge >= 0.3 is 0 Å². The van der Waals surface area contributed by atoms with Crippen molar-refractivity contribution in [2.45, 2.75) is 103 Å². The van der Waals surface area contributed by atoms with Gasteiger partial charge in [0.1, 0.15) is 6.04 Å². The number of piperidine rings is 3. The Balaban J connectivity index is 0.752. The molecule has 3 fully saturated rings. The lowest BCUT2D eigenvalue weighted by atomic mass is 9.92. The average molecular weight is 905 g/mol. The number of benzene rings is 2. The van der Waals surface area contributed by atoms with E-state index in [2.05, 4.69) is 29.8 Å². The molecule has 1 N–H and O–H groups in total. The van der Waals surface area contributed by atoms with E-state index in [1.54, 1.807) is 49.2 Å². The summed E-state index contributed by atoms with van der Waals surface area (Å²) in [5, 5.41) is 11.9. The number of alkyl halides is 2. The number of hydrogen-bond acceptors (Lipinski definition) is 10. The SMILES string of the molecule is CC(=O)N1CCc2c(c(N3CCCc4cc(-c5cnn(C)c5)c(C(F)F)cc43)nn2C2CCN(CCC3CCN(CCc4cccc5c4C(=O)N(C4CCC(=O)NC4=O)C5=O)CC3)CC2)C1. The van der Waals surface area contributed by atoms with Crippen LogP contribution in [0.25, 0.3) is 11.1 Å². The summed E-state index contributed by atoms with van der Waals surface area (Å²) in [5.74, 6) is -0.486. The number of likely N-dealkylation sites (tertiary alicyclic amines) is 2. The monoisotopic (exact) mass is 904 g/mol. The van der Waals surface area contributed by atoms with Gasteiger partial charge in [0.2, 0.25) is 17.7 Å². The van der Waals surface area contributed by atoms with Crippen molar-refractivity contribution in [3.8, 4) is 11.1 Å². The number of imide groups is 2. The van der Waals surface area contributed by atoms with Crippen molar-refractivity contribution < 1.29 is 32.8 Å².